The molecule has 4 rings (SSSR count). The number of carbonyl (C=O) groups is 1. The van der Waals surface area contributed by atoms with E-state index in [4.69, 9.17) is 4.74 Å². The van der Waals surface area contributed by atoms with Gasteiger partial charge in [0.1, 0.15) is 12.4 Å². The van der Waals surface area contributed by atoms with E-state index in [0.29, 0.717) is 13.2 Å². The Bertz CT molecular complexity index is 978. The van der Waals surface area contributed by atoms with Gasteiger partial charge in [0.15, 0.2) is 0 Å². The Morgan fingerprint density at radius 1 is 1.13 bits per heavy atom. The first-order valence-corrected chi connectivity index (χ1v) is 11.6. The molecule has 0 spiro atoms. The third-order valence-corrected chi connectivity index (χ3v) is 6.35. The van der Waals surface area contributed by atoms with Crippen LogP contribution in [0.15, 0.2) is 72.9 Å². The Kier molecular flexibility index (Phi) is 7.10. The second kappa shape index (κ2) is 10.4. The lowest BCUT2D eigenvalue weighted by Gasteiger charge is -2.35. The zero-order chi connectivity index (χ0) is 21.5. The van der Waals surface area contributed by atoms with E-state index in [1.807, 2.05) is 59.1 Å². The molecule has 1 saturated heterocycles. The molecule has 2 heterocycles. The molecule has 2 amide bonds. The number of nitrogens with zero attached hydrogens (tertiary/aromatic N) is 2. The predicted molar refractivity (Wildman–Crippen MR) is 125 cm³/mol. The van der Waals surface area contributed by atoms with Crippen molar-refractivity contribution < 1.29 is 9.53 Å². The minimum atomic E-state index is -0.0126. The highest BCUT2D eigenvalue weighted by molar-refractivity contribution is 7.99. The summed E-state index contributed by atoms with van der Waals surface area (Å²) in [4.78, 5) is 19.1. The van der Waals surface area contributed by atoms with Crippen molar-refractivity contribution in [2.45, 2.75) is 26.1 Å². The number of carbonyl (C=O) groups excluding carboxylic acids is 1. The number of hydrogen-bond acceptors (Lipinski definition) is 4. The predicted octanol–water partition coefficient (Wildman–Crippen LogP) is 4.97. The molecule has 0 radical (unpaired) electrons. The van der Waals surface area contributed by atoms with Gasteiger partial charge in [0, 0.05) is 30.8 Å². The molecule has 3 aromatic rings. The third kappa shape index (κ3) is 5.79. The van der Waals surface area contributed by atoms with Crippen LogP contribution in [0, 0.1) is 6.92 Å². The molecule has 31 heavy (non-hydrogen) atoms. The molecule has 0 aliphatic carbocycles. The number of aryl methyl sites for hydroxylation is 1. The topological polar surface area (TPSA) is 54.5 Å². The van der Waals surface area contributed by atoms with Crippen molar-refractivity contribution in [1.29, 1.82) is 0 Å². The van der Waals surface area contributed by atoms with Crippen LogP contribution in [0.3, 0.4) is 0 Å². The summed E-state index contributed by atoms with van der Waals surface area (Å²) in [5, 5.41) is 3.08. The lowest BCUT2D eigenvalue weighted by Crippen LogP contribution is -2.46. The Morgan fingerprint density at radius 2 is 1.94 bits per heavy atom. The van der Waals surface area contributed by atoms with Gasteiger partial charge in [-0.2, -0.15) is 11.8 Å². The average Bonchev–Trinajstić information content (AvgIpc) is 2.83. The number of aromatic nitrogens is 1. The molecule has 1 aliphatic heterocycles. The van der Waals surface area contributed by atoms with E-state index >= 15 is 0 Å². The number of ether oxygens (including phenoxy) is 1. The number of amides is 2. The molecule has 1 aliphatic rings. The van der Waals surface area contributed by atoms with E-state index < -0.39 is 0 Å². The van der Waals surface area contributed by atoms with Crippen molar-refractivity contribution in [2.24, 2.45) is 0 Å². The molecule has 2 aromatic carbocycles. The summed E-state index contributed by atoms with van der Waals surface area (Å²) >= 11 is 1.90. The quantitative estimate of drug-likeness (QED) is 0.596. The van der Waals surface area contributed by atoms with E-state index in [2.05, 4.69) is 41.5 Å². The molecule has 1 atom stereocenters. The minimum Gasteiger partial charge on any atom is -0.487 e. The molecule has 160 valence electrons. The van der Waals surface area contributed by atoms with Crippen molar-refractivity contribution >= 4 is 17.8 Å². The first-order valence-electron chi connectivity index (χ1n) is 10.5. The maximum absolute atomic E-state index is 12.9. The fourth-order valence-electron chi connectivity index (χ4n) is 3.54. The van der Waals surface area contributed by atoms with Gasteiger partial charge in [0.05, 0.1) is 11.7 Å². The zero-order valence-electron chi connectivity index (χ0n) is 17.7. The van der Waals surface area contributed by atoms with Crippen LogP contribution in [0.5, 0.6) is 5.75 Å². The molecule has 0 bridgehead atoms. The van der Waals surface area contributed by atoms with Crippen molar-refractivity contribution in [3.05, 3.63) is 95.3 Å². The van der Waals surface area contributed by atoms with Crippen molar-refractivity contribution in [1.82, 2.24) is 15.2 Å². The number of hydrogen-bond donors (Lipinski definition) is 1. The van der Waals surface area contributed by atoms with Crippen LogP contribution in [0.1, 0.15) is 28.4 Å². The maximum atomic E-state index is 12.9. The van der Waals surface area contributed by atoms with Crippen molar-refractivity contribution in [2.75, 3.05) is 18.1 Å². The molecule has 1 unspecified atom stereocenters. The number of rotatable bonds is 6. The molecular weight excluding hydrogens is 406 g/mol. The summed E-state index contributed by atoms with van der Waals surface area (Å²) in [6, 6.07) is 22.2. The summed E-state index contributed by atoms with van der Waals surface area (Å²) in [5.74, 6) is 2.69. The average molecular weight is 434 g/mol. The first kappa shape index (κ1) is 21.2. The van der Waals surface area contributed by atoms with Gasteiger partial charge in [-0.1, -0.05) is 48.0 Å². The third-order valence-electron chi connectivity index (χ3n) is 5.33. The number of urea groups is 1. The normalized spacial score (nSPS) is 16.0. The fraction of sp³-hybridized carbons (Fsp3) is 0.280. The lowest BCUT2D eigenvalue weighted by molar-refractivity contribution is 0.182. The standard InChI is InChI=1S/C25H27N3O2S/c1-19-5-9-21(10-6-19)24-18-31-15-14-28(24)25(29)27-16-20-7-11-23(12-8-20)30-17-22-4-2-3-13-26-22/h2-13,24H,14-18H2,1H3,(H,27,29). The van der Waals surface area contributed by atoms with Crippen LogP contribution in [0.25, 0.3) is 0 Å². The van der Waals surface area contributed by atoms with Gasteiger partial charge < -0.3 is 15.0 Å². The van der Waals surface area contributed by atoms with E-state index in [9.17, 15) is 4.79 Å². The second-order valence-corrected chi connectivity index (χ2v) is 8.76. The largest absolute Gasteiger partial charge is 0.487 e. The number of pyridine rings is 1. The maximum Gasteiger partial charge on any atom is 0.318 e. The van der Waals surface area contributed by atoms with E-state index in [0.717, 1.165) is 35.1 Å². The van der Waals surface area contributed by atoms with E-state index in [1.54, 1.807) is 6.20 Å². The van der Waals surface area contributed by atoms with Crippen LogP contribution < -0.4 is 10.1 Å². The summed E-state index contributed by atoms with van der Waals surface area (Å²) in [6.07, 6.45) is 1.76. The fourth-order valence-corrected chi connectivity index (χ4v) is 4.62. The molecule has 0 saturated carbocycles. The van der Waals surface area contributed by atoms with Gasteiger partial charge in [-0.05, 0) is 42.3 Å². The van der Waals surface area contributed by atoms with Gasteiger partial charge in [-0.25, -0.2) is 4.79 Å². The van der Waals surface area contributed by atoms with Gasteiger partial charge in [-0.3, -0.25) is 4.98 Å². The Morgan fingerprint density at radius 3 is 2.68 bits per heavy atom. The van der Waals surface area contributed by atoms with Gasteiger partial charge >= 0.3 is 6.03 Å². The van der Waals surface area contributed by atoms with Crippen molar-refractivity contribution in [3.8, 4) is 5.75 Å². The summed E-state index contributed by atoms with van der Waals surface area (Å²) < 4.78 is 5.78. The van der Waals surface area contributed by atoms with Crippen LogP contribution in [0.4, 0.5) is 4.79 Å². The first-order chi connectivity index (χ1) is 15.2. The summed E-state index contributed by atoms with van der Waals surface area (Å²) in [5.41, 5.74) is 4.36. The second-order valence-electron chi connectivity index (χ2n) is 7.61. The van der Waals surface area contributed by atoms with Crippen LogP contribution >= 0.6 is 11.8 Å². The minimum absolute atomic E-state index is 0.0126. The SMILES string of the molecule is Cc1ccc(C2CSCCN2C(=O)NCc2ccc(OCc3ccccn3)cc2)cc1. The monoisotopic (exact) mass is 433 g/mol. The highest BCUT2D eigenvalue weighted by Gasteiger charge is 2.28. The van der Waals surface area contributed by atoms with E-state index in [-0.39, 0.29) is 12.1 Å². The van der Waals surface area contributed by atoms with Crippen molar-refractivity contribution in [3.63, 3.8) is 0 Å². The molecule has 6 heteroatoms. The Hall–Kier alpha value is -2.99. The highest BCUT2D eigenvalue weighted by atomic mass is 32.2. The van der Waals surface area contributed by atoms with Crippen LogP contribution in [0.2, 0.25) is 0 Å². The number of benzene rings is 2. The lowest BCUT2D eigenvalue weighted by atomic mass is 10.1. The van der Waals surface area contributed by atoms with Gasteiger partial charge in [-0.15, -0.1) is 0 Å². The molecule has 1 fully saturated rings. The molecular formula is C25H27N3O2S. The smallest absolute Gasteiger partial charge is 0.318 e. The molecule has 1 N–H and O–H groups in total. The number of thioether (sulfide) groups is 1. The van der Waals surface area contributed by atoms with Gasteiger partial charge in [0.25, 0.3) is 0 Å². The summed E-state index contributed by atoms with van der Waals surface area (Å²) in [7, 11) is 0. The van der Waals surface area contributed by atoms with E-state index in [1.165, 1.54) is 11.1 Å². The van der Waals surface area contributed by atoms with Crippen LogP contribution in [-0.4, -0.2) is 34.0 Å². The molecule has 1 aromatic heterocycles. The Balaban J connectivity index is 1.31. The summed E-state index contributed by atoms with van der Waals surface area (Å²) in [6.45, 7) is 3.77. The van der Waals surface area contributed by atoms with Crippen LogP contribution in [-0.2, 0) is 13.2 Å². The highest BCUT2D eigenvalue weighted by Crippen LogP contribution is 2.29. The molecule has 5 nitrogen and oxygen atoms in total. The van der Waals surface area contributed by atoms with Gasteiger partial charge in [0.2, 0.25) is 0 Å². The zero-order valence-corrected chi connectivity index (χ0v) is 18.5. The Labute approximate surface area is 187 Å². The number of nitrogens with one attached hydrogen (secondary N) is 1.